The van der Waals surface area contributed by atoms with Crippen LogP contribution in [0.3, 0.4) is 0 Å². The van der Waals surface area contributed by atoms with Crippen molar-refractivity contribution in [3.63, 3.8) is 0 Å². The van der Waals surface area contributed by atoms with Crippen LogP contribution in [-0.4, -0.2) is 32.4 Å². The summed E-state index contributed by atoms with van der Waals surface area (Å²) in [6, 6.07) is 1.75. The van der Waals surface area contributed by atoms with Crippen LogP contribution in [0.15, 0.2) is 16.3 Å². The lowest BCUT2D eigenvalue weighted by atomic mass is 10.0. The predicted octanol–water partition coefficient (Wildman–Crippen LogP) is 2.67. The molecule has 1 atom stereocenters. The summed E-state index contributed by atoms with van der Waals surface area (Å²) in [7, 11) is -3.32. The van der Waals surface area contributed by atoms with E-state index in [1.807, 2.05) is 12.3 Å². The molecule has 1 aromatic heterocycles. The van der Waals surface area contributed by atoms with E-state index in [1.54, 1.807) is 10.4 Å². The average Bonchev–Trinajstić information content (AvgIpc) is 2.78. The minimum atomic E-state index is -3.32. The van der Waals surface area contributed by atoms with Gasteiger partial charge in [0, 0.05) is 24.5 Å². The third-order valence-corrected chi connectivity index (χ3v) is 6.87. The van der Waals surface area contributed by atoms with Crippen molar-refractivity contribution in [2.45, 2.75) is 44.6 Å². The van der Waals surface area contributed by atoms with Gasteiger partial charge >= 0.3 is 0 Å². The number of nitrogens with zero attached hydrogens (tertiary/aromatic N) is 1. The summed E-state index contributed by atoms with van der Waals surface area (Å²) in [5.74, 6) is 0.624. The zero-order valence-electron chi connectivity index (χ0n) is 12.3. The molecular formula is C14H24N2O2S2. The largest absolute Gasteiger partial charge is 0.312 e. The smallest absolute Gasteiger partial charge is 0.244 e. The van der Waals surface area contributed by atoms with E-state index in [-0.39, 0.29) is 0 Å². The van der Waals surface area contributed by atoms with Crippen LogP contribution in [0.1, 0.15) is 38.0 Å². The second-order valence-electron chi connectivity index (χ2n) is 5.43. The van der Waals surface area contributed by atoms with Crippen LogP contribution >= 0.6 is 11.3 Å². The van der Waals surface area contributed by atoms with Gasteiger partial charge in [-0.05, 0) is 43.2 Å². The lowest BCUT2D eigenvalue weighted by Gasteiger charge is -2.20. The summed E-state index contributed by atoms with van der Waals surface area (Å²) in [5.41, 5.74) is 0. The van der Waals surface area contributed by atoms with Gasteiger partial charge in [-0.25, -0.2) is 8.42 Å². The summed E-state index contributed by atoms with van der Waals surface area (Å²) in [5, 5.41) is 5.09. The van der Waals surface area contributed by atoms with Gasteiger partial charge in [-0.15, -0.1) is 11.3 Å². The summed E-state index contributed by atoms with van der Waals surface area (Å²) in [6.07, 6.45) is 3.05. The maximum absolute atomic E-state index is 12.8. The van der Waals surface area contributed by atoms with Crippen molar-refractivity contribution in [1.29, 1.82) is 0 Å². The van der Waals surface area contributed by atoms with Gasteiger partial charge in [-0.1, -0.05) is 13.8 Å². The second-order valence-corrected chi connectivity index (χ2v) is 8.34. The van der Waals surface area contributed by atoms with Crippen LogP contribution in [0.5, 0.6) is 0 Å². The third-order valence-electron chi connectivity index (χ3n) is 3.83. The van der Waals surface area contributed by atoms with E-state index in [1.165, 1.54) is 11.3 Å². The highest BCUT2D eigenvalue weighted by Gasteiger charge is 2.29. The number of rotatable bonds is 5. The van der Waals surface area contributed by atoms with E-state index >= 15 is 0 Å². The maximum Gasteiger partial charge on any atom is 0.244 e. The number of hydrogen-bond acceptors (Lipinski definition) is 4. The summed E-state index contributed by atoms with van der Waals surface area (Å²) in [6.45, 7) is 7.02. The van der Waals surface area contributed by atoms with Crippen molar-refractivity contribution < 1.29 is 8.42 Å². The van der Waals surface area contributed by atoms with Gasteiger partial charge in [-0.2, -0.15) is 4.31 Å². The fourth-order valence-corrected chi connectivity index (χ4v) is 5.42. The highest BCUT2D eigenvalue weighted by molar-refractivity contribution is 7.89. The molecule has 1 unspecified atom stereocenters. The molecule has 1 aliphatic heterocycles. The van der Waals surface area contributed by atoms with Crippen molar-refractivity contribution in [2.24, 2.45) is 5.92 Å². The van der Waals surface area contributed by atoms with Crippen LogP contribution in [0.2, 0.25) is 0 Å². The first kappa shape index (κ1) is 15.9. The van der Waals surface area contributed by atoms with Gasteiger partial charge in [-0.3, -0.25) is 0 Å². The zero-order chi connectivity index (χ0) is 14.6. The molecule has 114 valence electrons. The first-order valence-corrected chi connectivity index (χ1v) is 9.65. The topological polar surface area (TPSA) is 49.4 Å². The van der Waals surface area contributed by atoms with Gasteiger partial charge in [0.05, 0.1) is 4.90 Å². The fraction of sp³-hybridized carbons (Fsp3) is 0.714. The Kier molecular flexibility index (Phi) is 5.60. The van der Waals surface area contributed by atoms with E-state index in [9.17, 15) is 8.42 Å². The highest BCUT2D eigenvalue weighted by atomic mass is 32.2. The normalized spacial score (nSPS) is 21.8. The summed E-state index contributed by atoms with van der Waals surface area (Å²) >= 11 is 1.52. The molecule has 0 bridgehead atoms. The van der Waals surface area contributed by atoms with Crippen LogP contribution in [0, 0.1) is 5.92 Å². The number of sulfonamides is 1. The van der Waals surface area contributed by atoms with Crippen LogP contribution < -0.4 is 5.32 Å². The standard InChI is InChI=1S/C14H24N2O2S2/c1-3-15-11-13-14(7-10-19-13)20(17,18)16-8-4-5-12(2)6-9-16/h7,10,12,15H,3-6,8-9,11H2,1-2H3. The molecule has 1 saturated heterocycles. The Morgan fingerprint density at radius 1 is 1.40 bits per heavy atom. The molecule has 0 saturated carbocycles. The van der Waals surface area contributed by atoms with Crippen LogP contribution in [-0.2, 0) is 16.6 Å². The predicted molar refractivity (Wildman–Crippen MR) is 83.5 cm³/mol. The Morgan fingerprint density at radius 2 is 2.20 bits per heavy atom. The molecule has 4 nitrogen and oxygen atoms in total. The van der Waals surface area contributed by atoms with Crippen molar-refractivity contribution in [1.82, 2.24) is 9.62 Å². The first-order valence-electron chi connectivity index (χ1n) is 7.33. The summed E-state index contributed by atoms with van der Waals surface area (Å²) in [4.78, 5) is 1.42. The zero-order valence-corrected chi connectivity index (χ0v) is 13.9. The monoisotopic (exact) mass is 316 g/mol. The lowest BCUT2D eigenvalue weighted by molar-refractivity contribution is 0.416. The van der Waals surface area contributed by atoms with Crippen molar-refractivity contribution in [2.75, 3.05) is 19.6 Å². The average molecular weight is 316 g/mol. The van der Waals surface area contributed by atoms with Gasteiger partial charge in [0.25, 0.3) is 0 Å². The van der Waals surface area contributed by atoms with Crippen LogP contribution in [0.4, 0.5) is 0 Å². The molecule has 0 radical (unpaired) electrons. The molecular weight excluding hydrogens is 292 g/mol. The Balaban J connectivity index is 2.19. The summed E-state index contributed by atoms with van der Waals surface area (Å²) < 4.78 is 27.3. The first-order chi connectivity index (χ1) is 9.55. The SMILES string of the molecule is CCNCc1sccc1S(=O)(=O)N1CCCC(C)CC1. The minimum absolute atomic E-state index is 0.498. The Labute approximate surface area is 126 Å². The Hall–Kier alpha value is -0.430. The molecule has 0 spiro atoms. The molecule has 0 amide bonds. The van der Waals surface area contributed by atoms with E-state index in [0.717, 1.165) is 30.7 Å². The Morgan fingerprint density at radius 3 is 2.95 bits per heavy atom. The van der Waals surface area contributed by atoms with Gasteiger partial charge in [0.2, 0.25) is 10.0 Å². The van der Waals surface area contributed by atoms with Gasteiger partial charge < -0.3 is 5.32 Å². The molecule has 1 aromatic rings. The number of nitrogens with one attached hydrogen (secondary N) is 1. The van der Waals surface area contributed by atoms with Crippen LogP contribution in [0.25, 0.3) is 0 Å². The lowest BCUT2D eigenvalue weighted by Crippen LogP contribution is -2.32. The second kappa shape index (κ2) is 7.02. The van der Waals surface area contributed by atoms with Crippen molar-refractivity contribution in [3.8, 4) is 0 Å². The van der Waals surface area contributed by atoms with Gasteiger partial charge in [0.1, 0.15) is 0 Å². The van der Waals surface area contributed by atoms with Gasteiger partial charge in [0.15, 0.2) is 0 Å². The van der Waals surface area contributed by atoms with E-state index < -0.39 is 10.0 Å². The molecule has 20 heavy (non-hydrogen) atoms. The molecule has 0 aliphatic carbocycles. The number of hydrogen-bond donors (Lipinski definition) is 1. The fourth-order valence-electron chi connectivity index (χ4n) is 2.54. The van der Waals surface area contributed by atoms with E-state index in [4.69, 9.17) is 0 Å². The molecule has 6 heteroatoms. The molecule has 1 aliphatic rings. The van der Waals surface area contributed by atoms with Crippen molar-refractivity contribution >= 4 is 21.4 Å². The maximum atomic E-state index is 12.8. The molecule has 2 rings (SSSR count). The minimum Gasteiger partial charge on any atom is -0.312 e. The molecule has 0 aromatic carbocycles. The Bertz CT molecular complexity index is 525. The number of thiophene rings is 1. The van der Waals surface area contributed by atoms with E-state index in [2.05, 4.69) is 12.2 Å². The molecule has 1 N–H and O–H groups in total. The molecule has 1 fully saturated rings. The highest BCUT2D eigenvalue weighted by Crippen LogP contribution is 2.28. The third kappa shape index (κ3) is 3.61. The van der Waals surface area contributed by atoms with Crippen molar-refractivity contribution in [3.05, 3.63) is 16.3 Å². The van der Waals surface area contributed by atoms with E-state index in [0.29, 0.717) is 30.4 Å². The quantitative estimate of drug-likeness (QED) is 0.908. The molecule has 2 heterocycles.